The molecule has 2 aliphatic rings. The predicted molar refractivity (Wildman–Crippen MR) is 158 cm³/mol. The molecule has 5 rings (SSSR count). The standard InChI is InChI=1S/C35H42O7/c1-26(36)37-25-31-32(38-22-27-14-6-2-7-15-27)33(39-23-28-16-8-3-9-17-28)34(40-24-29-18-10-4-11-19-29)35(42-31)41-30-20-12-5-13-21-30/h2-4,6-11,14-19,30-35H,5,12-13,20-25H2,1H3/t31-,32-,33+,34-,35?/m1/s1. The molecule has 224 valence electrons. The number of ether oxygens (including phenoxy) is 6. The summed E-state index contributed by atoms with van der Waals surface area (Å²) in [5.41, 5.74) is 3.10. The maximum atomic E-state index is 11.9. The molecule has 42 heavy (non-hydrogen) atoms. The van der Waals surface area contributed by atoms with Gasteiger partial charge in [0.25, 0.3) is 0 Å². The van der Waals surface area contributed by atoms with E-state index in [0.29, 0.717) is 19.8 Å². The maximum Gasteiger partial charge on any atom is 0.302 e. The first-order valence-corrected chi connectivity index (χ1v) is 15.1. The first kappa shape index (κ1) is 30.4. The Hall–Kier alpha value is -3.07. The molecule has 1 saturated heterocycles. The second-order valence-corrected chi connectivity index (χ2v) is 11.0. The molecule has 0 spiro atoms. The lowest BCUT2D eigenvalue weighted by molar-refractivity contribution is -0.336. The Bertz CT molecular complexity index is 1180. The van der Waals surface area contributed by atoms with Crippen LogP contribution in [0, 0.1) is 0 Å². The summed E-state index contributed by atoms with van der Waals surface area (Å²) in [7, 11) is 0. The minimum atomic E-state index is -0.713. The SMILES string of the molecule is CC(=O)OC[C@H]1OC(OC2CCCCC2)[C@H](OCc2ccccc2)[C@@H](OCc2ccccc2)[C@@H]1OCc1ccccc1. The fourth-order valence-electron chi connectivity index (χ4n) is 5.58. The van der Waals surface area contributed by atoms with Gasteiger partial charge >= 0.3 is 5.97 Å². The first-order valence-electron chi connectivity index (χ1n) is 15.1. The molecule has 0 radical (unpaired) electrons. The highest BCUT2D eigenvalue weighted by Gasteiger charge is 2.50. The van der Waals surface area contributed by atoms with Crippen molar-refractivity contribution in [2.24, 2.45) is 0 Å². The van der Waals surface area contributed by atoms with Crippen LogP contribution in [0.4, 0.5) is 0 Å². The summed E-state index contributed by atoms with van der Waals surface area (Å²) in [4.78, 5) is 11.9. The smallest absolute Gasteiger partial charge is 0.302 e. The third kappa shape index (κ3) is 8.96. The fourth-order valence-corrected chi connectivity index (χ4v) is 5.58. The molecule has 5 atom stereocenters. The number of benzene rings is 3. The fraction of sp³-hybridized carbons (Fsp3) is 0.457. The lowest BCUT2D eigenvalue weighted by Crippen LogP contribution is -2.62. The zero-order valence-electron chi connectivity index (χ0n) is 24.3. The van der Waals surface area contributed by atoms with Crippen molar-refractivity contribution in [2.45, 2.75) is 95.7 Å². The van der Waals surface area contributed by atoms with E-state index in [9.17, 15) is 4.79 Å². The molecule has 1 aliphatic carbocycles. The first-order chi connectivity index (χ1) is 20.7. The van der Waals surface area contributed by atoms with Crippen molar-refractivity contribution in [1.29, 1.82) is 0 Å². The molecule has 3 aromatic rings. The summed E-state index contributed by atoms with van der Waals surface area (Å²) in [5, 5.41) is 0. The van der Waals surface area contributed by atoms with E-state index < -0.39 is 30.7 Å². The van der Waals surface area contributed by atoms with Gasteiger partial charge in [-0.15, -0.1) is 0 Å². The van der Waals surface area contributed by atoms with E-state index in [-0.39, 0.29) is 18.7 Å². The quantitative estimate of drug-likeness (QED) is 0.219. The summed E-state index contributed by atoms with van der Waals surface area (Å²) >= 11 is 0. The van der Waals surface area contributed by atoms with E-state index in [4.69, 9.17) is 28.4 Å². The molecule has 7 heteroatoms. The molecule has 0 aromatic heterocycles. The van der Waals surface area contributed by atoms with Crippen LogP contribution in [0.15, 0.2) is 91.0 Å². The highest BCUT2D eigenvalue weighted by molar-refractivity contribution is 5.65. The monoisotopic (exact) mass is 574 g/mol. The number of rotatable bonds is 13. The van der Waals surface area contributed by atoms with Crippen molar-refractivity contribution < 1.29 is 33.2 Å². The molecule has 7 nitrogen and oxygen atoms in total. The van der Waals surface area contributed by atoms with Gasteiger partial charge in [0.15, 0.2) is 6.29 Å². The van der Waals surface area contributed by atoms with E-state index in [1.54, 1.807) is 0 Å². The average molecular weight is 575 g/mol. The Balaban J connectivity index is 1.44. The van der Waals surface area contributed by atoms with Crippen molar-refractivity contribution in [1.82, 2.24) is 0 Å². The maximum absolute atomic E-state index is 11.9. The molecule has 3 aromatic carbocycles. The number of hydrogen-bond acceptors (Lipinski definition) is 7. The molecule has 0 N–H and O–H groups in total. The lowest BCUT2D eigenvalue weighted by Gasteiger charge is -2.46. The number of carbonyl (C=O) groups excluding carboxylic acids is 1. The third-order valence-electron chi connectivity index (χ3n) is 7.78. The molecule has 1 heterocycles. The van der Waals surface area contributed by atoms with Crippen LogP contribution >= 0.6 is 0 Å². The topological polar surface area (TPSA) is 72.5 Å². The third-order valence-corrected chi connectivity index (χ3v) is 7.78. The van der Waals surface area contributed by atoms with E-state index in [2.05, 4.69) is 0 Å². The summed E-state index contributed by atoms with van der Waals surface area (Å²) < 4.78 is 38.6. The Morgan fingerprint density at radius 3 is 1.64 bits per heavy atom. The van der Waals surface area contributed by atoms with Crippen LogP contribution in [0.1, 0.15) is 55.7 Å². The highest BCUT2D eigenvalue weighted by atomic mass is 16.7. The van der Waals surface area contributed by atoms with Crippen molar-refractivity contribution >= 4 is 5.97 Å². The Morgan fingerprint density at radius 1 is 0.667 bits per heavy atom. The van der Waals surface area contributed by atoms with Gasteiger partial charge in [-0.25, -0.2) is 0 Å². The zero-order valence-corrected chi connectivity index (χ0v) is 24.3. The predicted octanol–water partition coefficient (Wildman–Crippen LogP) is 6.38. The van der Waals surface area contributed by atoms with Gasteiger partial charge in [-0.2, -0.15) is 0 Å². The molecular weight excluding hydrogens is 532 g/mol. The normalized spacial score (nSPS) is 24.7. The van der Waals surface area contributed by atoms with Crippen molar-refractivity contribution in [3.8, 4) is 0 Å². The van der Waals surface area contributed by atoms with Crippen LogP contribution in [0.2, 0.25) is 0 Å². The second kappa shape index (κ2) is 16.0. The number of esters is 1. The van der Waals surface area contributed by atoms with Crippen LogP contribution in [0.5, 0.6) is 0 Å². The molecule has 0 amide bonds. The summed E-state index contributed by atoms with van der Waals surface area (Å²) in [6, 6.07) is 30.1. The van der Waals surface area contributed by atoms with Crippen LogP contribution in [-0.2, 0) is 53.0 Å². The molecule has 0 bridgehead atoms. The van der Waals surface area contributed by atoms with Gasteiger partial charge in [-0.05, 0) is 29.5 Å². The van der Waals surface area contributed by atoms with Crippen LogP contribution in [-0.4, -0.2) is 49.4 Å². The Labute approximate surface area is 249 Å². The van der Waals surface area contributed by atoms with Gasteiger partial charge in [0, 0.05) is 6.92 Å². The van der Waals surface area contributed by atoms with Crippen molar-refractivity contribution in [2.75, 3.05) is 6.61 Å². The number of carbonyl (C=O) groups is 1. The Morgan fingerprint density at radius 2 is 1.14 bits per heavy atom. The van der Waals surface area contributed by atoms with E-state index in [1.807, 2.05) is 91.0 Å². The van der Waals surface area contributed by atoms with Gasteiger partial charge in [0.1, 0.15) is 31.0 Å². The van der Waals surface area contributed by atoms with E-state index >= 15 is 0 Å². The van der Waals surface area contributed by atoms with Crippen molar-refractivity contribution in [3.63, 3.8) is 0 Å². The summed E-state index contributed by atoms with van der Waals surface area (Å²) in [5.74, 6) is -0.380. The molecule has 1 aliphatic heterocycles. The van der Waals surface area contributed by atoms with E-state index in [0.717, 1.165) is 42.4 Å². The Kier molecular flexibility index (Phi) is 11.5. The van der Waals surface area contributed by atoms with Gasteiger partial charge < -0.3 is 28.4 Å². The summed E-state index contributed by atoms with van der Waals surface area (Å²) in [6.07, 6.45) is 2.45. The van der Waals surface area contributed by atoms with Crippen LogP contribution in [0.3, 0.4) is 0 Å². The van der Waals surface area contributed by atoms with Crippen LogP contribution in [0.25, 0.3) is 0 Å². The molecule has 2 fully saturated rings. The summed E-state index contributed by atoms with van der Waals surface area (Å²) in [6.45, 7) is 2.49. The minimum Gasteiger partial charge on any atom is -0.463 e. The lowest BCUT2D eigenvalue weighted by atomic mass is 9.96. The van der Waals surface area contributed by atoms with Gasteiger partial charge in [-0.3, -0.25) is 4.79 Å². The highest BCUT2D eigenvalue weighted by Crippen LogP contribution is 2.33. The minimum absolute atomic E-state index is 0.0237. The molecule has 1 saturated carbocycles. The van der Waals surface area contributed by atoms with Gasteiger partial charge in [0.05, 0.1) is 25.9 Å². The number of hydrogen-bond donors (Lipinski definition) is 0. The zero-order chi connectivity index (χ0) is 29.0. The van der Waals surface area contributed by atoms with Crippen LogP contribution < -0.4 is 0 Å². The largest absolute Gasteiger partial charge is 0.463 e. The van der Waals surface area contributed by atoms with Gasteiger partial charge in [-0.1, -0.05) is 110 Å². The second-order valence-electron chi connectivity index (χ2n) is 11.0. The van der Waals surface area contributed by atoms with E-state index in [1.165, 1.54) is 13.3 Å². The molecular formula is C35H42O7. The van der Waals surface area contributed by atoms with Gasteiger partial charge in [0.2, 0.25) is 0 Å². The van der Waals surface area contributed by atoms with Crippen molar-refractivity contribution in [3.05, 3.63) is 108 Å². The molecule has 1 unspecified atom stereocenters. The average Bonchev–Trinajstić information content (AvgIpc) is 3.03.